The summed E-state index contributed by atoms with van der Waals surface area (Å²) < 4.78 is 14.5. The minimum Gasteiger partial charge on any atom is -0.337 e. The van der Waals surface area contributed by atoms with Gasteiger partial charge in [0.15, 0.2) is 0 Å². The van der Waals surface area contributed by atoms with Gasteiger partial charge in [-0.3, -0.25) is 14.5 Å². The summed E-state index contributed by atoms with van der Waals surface area (Å²) in [4.78, 5) is 29.4. The molecule has 1 unspecified atom stereocenters. The van der Waals surface area contributed by atoms with Crippen LogP contribution in [0.2, 0.25) is 0 Å². The van der Waals surface area contributed by atoms with Crippen LogP contribution in [0.1, 0.15) is 40.6 Å². The Bertz CT molecular complexity index is 1130. The van der Waals surface area contributed by atoms with Crippen LogP contribution in [0.3, 0.4) is 0 Å². The van der Waals surface area contributed by atoms with E-state index in [4.69, 9.17) is 0 Å². The highest BCUT2D eigenvalue weighted by Crippen LogP contribution is 2.29. The van der Waals surface area contributed by atoms with E-state index in [0.717, 1.165) is 38.2 Å². The second-order valence-electron chi connectivity index (χ2n) is 9.25. The maximum atomic E-state index is 14.5. The summed E-state index contributed by atoms with van der Waals surface area (Å²) >= 11 is 1.44. The number of likely N-dealkylation sites (tertiary alicyclic amines) is 1. The van der Waals surface area contributed by atoms with Crippen LogP contribution < -0.4 is 5.32 Å². The molecule has 2 heterocycles. The van der Waals surface area contributed by atoms with Crippen molar-refractivity contribution in [2.45, 2.75) is 38.8 Å². The molecular formula is C28H32FN3O2S. The molecule has 0 radical (unpaired) electrons. The lowest BCUT2D eigenvalue weighted by Gasteiger charge is -2.40. The number of carbonyl (C=O) groups is 2. The van der Waals surface area contributed by atoms with Crippen LogP contribution in [0.4, 0.5) is 10.1 Å². The predicted octanol–water partition coefficient (Wildman–Crippen LogP) is 5.44. The molecule has 5 nitrogen and oxygen atoms in total. The second-order valence-corrected chi connectivity index (χ2v) is 10.2. The van der Waals surface area contributed by atoms with Gasteiger partial charge in [0.1, 0.15) is 5.82 Å². The third-order valence-corrected chi connectivity index (χ3v) is 7.65. The largest absolute Gasteiger partial charge is 0.337 e. The van der Waals surface area contributed by atoms with E-state index in [1.807, 2.05) is 65.9 Å². The van der Waals surface area contributed by atoms with Gasteiger partial charge in [0, 0.05) is 32.2 Å². The van der Waals surface area contributed by atoms with Crippen LogP contribution in [0.15, 0.2) is 66.0 Å². The summed E-state index contributed by atoms with van der Waals surface area (Å²) in [6, 6.07) is 18.5. The molecule has 0 aliphatic carbocycles. The smallest absolute Gasteiger partial charge is 0.263 e. The fourth-order valence-electron chi connectivity index (χ4n) is 4.88. The molecule has 1 aromatic heterocycles. The van der Waals surface area contributed by atoms with Gasteiger partial charge in [-0.15, -0.1) is 11.3 Å². The maximum absolute atomic E-state index is 14.5. The Morgan fingerprint density at radius 2 is 1.80 bits per heavy atom. The summed E-state index contributed by atoms with van der Waals surface area (Å²) in [6.07, 6.45) is 2.41. The normalized spacial score (nSPS) is 15.5. The zero-order valence-corrected chi connectivity index (χ0v) is 21.1. The summed E-state index contributed by atoms with van der Waals surface area (Å²) in [5.74, 6) is 0.00634. The monoisotopic (exact) mass is 493 g/mol. The van der Waals surface area contributed by atoms with Crippen molar-refractivity contribution >= 4 is 28.8 Å². The van der Waals surface area contributed by atoms with E-state index >= 15 is 0 Å². The van der Waals surface area contributed by atoms with E-state index in [1.165, 1.54) is 29.9 Å². The Labute approximate surface area is 210 Å². The first-order valence-corrected chi connectivity index (χ1v) is 12.9. The van der Waals surface area contributed by atoms with E-state index in [2.05, 4.69) is 10.2 Å². The van der Waals surface area contributed by atoms with E-state index < -0.39 is 0 Å². The number of piperidine rings is 1. The third-order valence-electron chi connectivity index (χ3n) is 6.79. The van der Waals surface area contributed by atoms with Gasteiger partial charge in [0.2, 0.25) is 5.91 Å². The van der Waals surface area contributed by atoms with Crippen molar-refractivity contribution in [2.24, 2.45) is 5.92 Å². The Morgan fingerprint density at radius 1 is 1.09 bits per heavy atom. The van der Waals surface area contributed by atoms with Crippen LogP contribution in [0.5, 0.6) is 0 Å². The average Bonchev–Trinajstić information content (AvgIpc) is 3.39. The summed E-state index contributed by atoms with van der Waals surface area (Å²) in [7, 11) is 1.86. The number of rotatable bonds is 8. The molecule has 1 atom stereocenters. The first kappa shape index (κ1) is 25.1. The maximum Gasteiger partial charge on any atom is 0.263 e. The molecule has 184 valence electrons. The van der Waals surface area contributed by atoms with Gasteiger partial charge in [-0.05, 0) is 79.0 Å². The zero-order chi connectivity index (χ0) is 24.8. The molecule has 0 spiro atoms. The Hall–Kier alpha value is -3.03. The van der Waals surface area contributed by atoms with Crippen molar-refractivity contribution in [1.82, 2.24) is 9.80 Å². The highest BCUT2D eigenvalue weighted by Gasteiger charge is 2.32. The molecule has 1 fully saturated rings. The number of anilines is 1. The van der Waals surface area contributed by atoms with Crippen molar-refractivity contribution in [2.75, 3.05) is 25.5 Å². The number of hydrogen-bond acceptors (Lipinski definition) is 4. The first-order valence-electron chi connectivity index (χ1n) is 12.0. The first-order chi connectivity index (χ1) is 16.9. The molecule has 3 aromatic rings. The van der Waals surface area contributed by atoms with Crippen molar-refractivity contribution in [3.63, 3.8) is 0 Å². The molecule has 35 heavy (non-hydrogen) atoms. The van der Waals surface area contributed by atoms with Gasteiger partial charge >= 0.3 is 0 Å². The van der Waals surface area contributed by atoms with E-state index in [9.17, 15) is 14.0 Å². The van der Waals surface area contributed by atoms with Crippen molar-refractivity contribution in [1.29, 1.82) is 0 Å². The van der Waals surface area contributed by atoms with Gasteiger partial charge < -0.3 is 10.2 Å². The SMILES string of the molecule is CC(=O)Nc1ccc(CN2CCC(C(Cc3ccccc3F)N(C)C(=O)c3cccs3)CC2)cc1. The van der Waals surface area contributed by atoms with Crippen LogP contribution in [0, 0.1) is 11.7 Å². The Morgan fingerprint density at radius 3 is 2.43 bits per heavy atom. The van der Waals surface area contributed by atoms with Crippen molar-refractivity contribution in [3.05, 3.63) is 87.9 Å². The van der Waals surface area contributed by atoms with Crippen molar-refractivity contribution < 1.29 is 14.0 Å². The van der Waals surface area contributed by atoms with Crippen molar-refractivity contribution in [3.8, 4) is 0 Å². The minimum absolute atomic E-state index is 0.00280. The van der Waals surface area contributed by atoms with Crippen LogP contribution in [0.25, 0.3) is 0 Å². The standard InChI is InChI=1S/C28H32FN3O2S/c1-20(33)30-24-11-9-21(10-12-24)19-32-15-13-22(14-16-32)26(18-23-6-3-4-7-25(23)29)31(2)28(34)27-8-5-17-35-27/h3-12,17,22,26H,13-16,18-19H2,1-2H3,(H,30,33). The Balaban J connectivity index is 1.42. The van der Waals surface area contributed by atoms with Gasteiger partial charge in [-0.2, -0.15) is 0 Å². The number of likely N-dealkylation sites (N-methyl/N-ethyl adjacent to an activating group) is 1. The lowest BCUT2D eigenvalue weighted by Crippen LogP contribution is -2.47. The summed E-state index contributed by atoms with van der Waals surface area (Å²) in [5.41, 5.74) is 2.66. The molecule has 4 rings (SSSR count). The van der Waals surface area contributed by atoms with Gasteiger partial charge in [-0.1, -0.05) is 36.4 Å². The third kappa shape index (κ3) is 6.55. The fourth-order valence-corrected chi connectivity index (χ4v) is 5.59. The number of nitrogens with zero attached hydrogens (tertiary/aromatic N) is 2. The Kier molecular flexibility index (Phi) is 8.31. The number of carbonyl (C=O) groups excluding carboxylic acids is 2. The van der Waals surface area contributed by atoms with Crippen LogP contribution in [-0.2, 0) is 17.8 Å². The molecule has 1 N–H and O–H groups in total. The fraction of sp³-hybridized carbons (Fsp3) is 0.357. The van der Waals surface area contributed by atoms with E-state index in [1.54, 1.807) is 6.07 Å². The molecule has 7 heteroatoms. The molecule has 1 aliphatic heterocycles. The van der Waals surface area contributed by atoms with E-state index in [-0.39, 0.29) is 23.7 Å². The molecule has 2 amide bonds. The number of amides is 2. The number of hydrogen-bond donors (Lipinski definition) is 1. The molecule has 1 aliphatic rings. The molecule has 0 bridgehead atoms. The van der Waals surface area contributed by atoms with Gasteiger partial charge in [0.05, 0.1) is 4.88 Å². The summed E-state index contributed by atoms with van der Waals surface area (Å²) in [6.45, 7) is 4.19. The lowest BCUT2D eigenvalue weighted by molar-refractivity contribution is -0.114. The average molecular weight is 494 g/mol. The second kappa shape index (κ2) is 11.6. The molecule has 0 saturated carbocycles. The topological polar surface area (TPSA) is 52.7 Å². The number of thiophene rings is 1. The highest BCUT2D eigenvalue weighted by molar-refractivity contribution is 7.12. The molecular weight excluding hydrogens is 461 g/mol. The number of nitrogens with one attached hydrogen (secondary N) is 1. The summed E-state index contributed by atoms with van der Waals surface area (Å²) in [5, 5.41) is 4.71. The minimum atomic E-state index is -0.213. The molecule has 1 saturated heterocycles. The van der Waals surface area contributed by atoms with Crippen LogP contribution in [-0.4, -0.2) is 47.8 Å². The highest BCUT2D eigenvalue weighted by atomic mass is 32.1. The van der Waals surface area contributed by atoms with Crippen LogP contribution >= 0.6 is 11.3 Å². The lowest BCUT2D eigenvalue weighted by atomic mass is 9.84. The van der Waals surface area contributed by atoms with E-state index in [0.29, 0.717) is 22.8 Å². The zero-order valence-electron chi connectivity index (χ0n) is 20.2. The number of halogens is 1. The number of benzene rings is 2. The quantitative estimate of drug-likeness (QED) is 0.455. The van der Waals surface area contributed by atoms with Gasteiger partial charge in [-0.25, -0.2) is 4.39 Å². The molecule has 2 aromatic carbocycles. The van der Waals surface area contributed by atoms with Gasteiger partial charge in [0.25, 0.3) is 5.91 Å². The predicted molar refractivity (Wildman–Crippen MR) is 139 cm³/mol.